The molecule has 0 aliphatic heterocycles. The smallest absolute Gasteiger partial charge is 0.127 e. The van der Waals surface area contributed by atoms with Gasteiger partial charge in [-0.1, -0.05) is 36.2 Å². The van der Waals surface area contributed by atoms with Gasteiger partial charge in [-0.15, -0.1) is 0 Å². The van der Waals surface area contributed by atoms with Gasteiger partial charge in [0.2, 0.25) is 0 Å². The van der Waals surface area contributed by atoms with Crippen LogP contribution < -0.4 is 5.32 Å². The molecule has 2 unspecified atom stereocenters. The van der Waals surface area contributed by atoms with Crippen LogP contribution in [0.25, 0.3) is 0 Å². The van der Waals surface area contributed by atoms with E-state index in [1.807, 2.05) is 6.07 Å². The van der Waals surface area contributed by atoms with Gasteiger partial charge >= 0.3 is 0 Å². The van der Waals surface area contributed by atoms with Crippen LogP contribution in [0, 0.1) is 17.7 Å². The lowest BCUT2D eigenvalue weighted by Gasteiger charge is -2.35. The minimum absolute atomic E-state index is 0.123. The zero-order valence-electron chi connectivity index (χ0n) is 11.0. The van der Waals surface area contributed by atoms with Crippen molar-refractivity contribution in [3.63, 3.8) is 0 Å². The summed E-state index contributed by atoms with van der Waals surface area (Å²) < 4.78 is 14.6. The molecule has 18 heavy (non-hydrogen) atoms. The standard InChI is InChI=1S/C15H21BrFN/c1-10-4-3-5-11(2)15(10)18-9-12-8-13(16)6-7-14(12)17/h6-8,10-11,15,18H,3-5,9H2,1-2H3. The second kappa shape index (κ2) is 6.16. The van der Waals surface area contributed by atoms with E-state index in [1.54, 1.807) is 6.07 Å². The van der Waals surface area contributed by atoms with Gasteiger partial charge in [0.1, 0.15) is 5.82 Å². The number of nitrogens with one attached hydrogen (secondary N) is 1. The molecule has 0 radical (unpaired) electrons. The lowest BCUT2D eigenvalue weighted by atomic mass is 9.78. The van der Waals surface area contributed by atoms with Gasteiger partial charge in [0.25, 0.3) is 0 Å². The molecule has 1 fully saturated rings. The van der Waals surface area contributed by atoms with E-state index in [9.17, 15) is 4.39 Å². The Kier molecular flexibility index (Phi) is 4.79. The number of hydrogen-bond acceptors (Lipinski definition) is 1. The van der Waals surface area contributed by atoms with Crippen LogP contribution in [-0.4, -0.2) is 6.04 Å². The van der Waals surface area contributed by atoms with Gasteiger partial charge in [0, 0.05) is 22.6 Å². The monoisotopic (exact) mass is 313 g/mol. The van der Waals surface area contributed by atoms with Crippen LogP contribution in [0.1, 0.15) is 38.7 Å². The molecule has 2 atom stereocenters. The highest BCUT2D eigenvalue weighted by Gasteiger charge is 2.27. The van der Waals surface area contributed by atoms with Crippen molar-refractivity contribution in [2.45, 2.75) is 45.7 Å². The Morgan fingerprint density at radius 1 is 1.28 bits per heavy atom. The molecule has 0 bridgehead atoms. The minimum Gasteiger partial charge on any atom is -0.309 e. The topological polar surface area (TPSA) is 12.0 Å². The fraction of sp³-hybridized carbons (Fsp3) is 0.600. The van der Waals surface area contributed by atoms with Crippen LogP contribution in [-0.2, 0) is 6.54 Å². The number of rotatable bonds is 3. The van der Waals surface area contributed by atoms with Crippen molar-refractivity contribution in [2.75, 3.05) is 0 Å². The second-order valence-electron chi connectivity index (χ2n) is 5.53. The predicted molar refractivity (Wildman–Crippen MR) is 76.9 cm³/mol. The van der Waals surface area contributed by atoms with Crippen molar-refractivity contribution in [1.82, 2.24) is 5.32 Å². The fourth-order valence-corrected chi connectivity index (χ4v) is 3.40. The summed E-state index contributed by atoms with van der Waals surface area (Å²) in [5.41, 5.74) is 0.745. The fourth-order valence-electron chi connectivity index (χ4n) is 2.99. The van der Waals surface area contributed by atoms with Crippen molar-refractivity contribution < 1.29 is 4.39 Å². The average Bonchev–Trinajstić information content (AvgIpc) is 2.33. The van der Waals surface area contributed by atoms with Crippen LogP contribution in [0.15, 0.2) is 22.7 Å². The van der Waals surface area contributed by atoms with Crippen molar-refractivity contribution >= 4 is 15.9 Å². The Balaban J connectivity index is 1.99. The van der Waals surface area contributed by atoms with E-state index in [2.05, 4.69) is 35.1 Å². The number of benzene rings is 1. The number of hydrogen-bond donors (Lipinski definition) is 1. The van der Waals surface area contributed by atoms with E-state index in [0.29, 0.717) is 24.4 Å². The zero-order chi connectivity index (χ0) is 13.1. The van der Waals surface area contributed by atoms with Gasteiger partial charge in [-0.2, -0.15) is 0 Å². The van der Waals surface area contributed by atoms with Crippen LogP contribution in [0.5, 0.6) is 0 Å². The van der Waals surface area contributed by atoms with E-state index in [0.717, 1.165) is 10.0 Å². The Morgan fingerprint density at radius 2 is 1.94 bits per heavy atom. The van der Waals surface area contributed by atoms with Gasteiger partial charge in [-0.3, -0.25) is 0 Å². The maximum Gasteiger partial charge on any atom is 0.127 e. The summed E-state index contributed by atoms with van der Waals surface area (Å²) in [6, 6.07) is 5.64. The third-order valence-corrected chi connectivity index (χ3v) is 4.57. The average molecular weight is 314 g/mol. The lowest BCUT2D eigenvalue weighted by Crippen LogP contribution is -2.42. The lowest BCUT2D eigenvalue weighted by molar-refractivity contribution is 0.207. The molecule has 0 saturated heterocycles. The summed E-state index contributed by atoms with van der Waals surface area (Å²) >= 11 is 3.39. The van der Waals surface area contributed by atoms with Gasteiger partial charge in [0.15, 0.2) is 0 Å². The van der Waals surface area contributed by atoms with Gasteiger partial charge in [-0.25, -0.2) is 4.39 Å². The van der Waals surface area contributed by atoms with Crippen molar-refractivity contribution in [3.8, 4) is 0 Å². The molecule has 0 spiro atoms. The molecule has 0 heterocycles. The molecule has 1 aliphatic rings. The van der Waals surface area contributed by atoms with E-state index >= 15 is 0 Å². The molecule has 2 rings (SSSR count). The van der Waals surface area contributed by atoms with Crippen molar-refractivity contribution in [2.24, 2.45) is 11.8 Å². The maximum atomic E-state index is 13.7. The van der Waals surface area contributed by atoms with Crippen LogP contribution in [0.2, 0.25) is 0 Å². The molecule has 0 aromatic heterocycles. The molecule has 100 valence electrons. The Morgan fingerprint density at radius 3 is 2.61 bits per heavy atom. The normalized spacial score (nSPS) is 28.3. The highest BCUT2D eigenvalue weighted by molar-refractivity contribution is 9.10. The summed E-state index contributed by atoms with van der Waals surface area (Å²) in [6.07, 6.45) is 3.89. The first-order chi connectivity index (χ1) is 8.58. The van der Waals surface area contributed by atoms with Gasteiger partial charge < -0.3 is 5.32 Å². The molecular weight excluding hydrogens is 293 g/mol. The first-order valence-corrected chi connectivity index (χ1v) is 7.54. The van der Waals surface area contributed by atoms with E-state index in [-0.39, 0.29) is 5.82 Å². The highest BCUT2D eigenvalue weighted by Crippen LogP contribution is 2.29. The molecule has 1 aliphatic carbocycles. The van der Waals surface area contributed by atoms with Crippen LogP contribution in [0.3, 0.4) is 0 Å². The second-order valence-corrected chi connectivity index (χ2v) is 6.44. The van der Waals surface area contributed by atoms with Crippen LogP contribution >= 0.6 is 15.9 Å². The Labute approximate surface area is 117 Å². The first-order valence-electron chi connectivity index (χ1n) is 6.75. The zero-order valence-corrected chi connectivity index (χ0v) is 12.6. The maximum absolute atomic E-state index is 13.7. The quantitative estimate of drug-likeness (QED) is 0.866. The Hall–Kier alpha value is -0.410. The van der Waals surface area contributed by atoms with E-state index in [1.165, 1.54) is 25.3 Å². The molecule has 1 aromatic rings. The molecule has 1 nitrogen and oxygen atoms in total. The van der Waals surface area contributed by atoms with Gasteiger partial charge in [0.05, 0.1) is 0 Å². The SMILES string of the molecule is CC1CCCC(C)C1NCc1cc(Br)ccc1F. The van der Waals surface area contributed by atoms with Crippen LogP contribution in [0.4, 0.5) is 4.39 Å². The Bertz CT molecular complexity index is 397. The summed E-state index contributed by atoms with van der Waals surface area (Å²) in [6.45, 7) is 5.21. The molecular formula is C15H21BrFN. The summed E-state index contributed by atoms with van der Waals surface area (Å²) in [5, 5.41) is 3.54. The number of halogens is 2. The van der Waals surface area contributed by atoms with Gasteiger partial charge in [-0.05, 0) is 42.9 Å². The molecule has 0 amide bonds. The largest absolute Gasteiger partial charge is 0.309 e. The minimum atomic E-state index is -0.123. The summed E-state index contributed by atoms with van der Waals surface area (Å²) in [5.74, 6) is 1.25. The molecule has 1 saturated carbocycles. The third-order valence-electron chi connectivity index (χ3n) is 4.08. The molecule has 1 N–H and O–H groups in total. The summed E-state index contributed by atoms with van der Waals surface area (Å²) in [7, 11) is 0. The van der Waals surface area contributed by atoms with Crippen molar-refractivity contribution in [1.29, 1.82) is 0 Å². The predicted octanol–water partition coefficient (Wildman–Crippen LogP) is 4.50. The third kappa shape index (κ3) is 3.33. The van der Waals surface area contributed by atoms with E-state index in [4.69, 9.17) is 0 Å². The molecule has 1 aromatic carbocycles. The highest BCUT2D eigenvalue weighted by atomic mass is 79.9. The van der Waals surface area contributed by atoms with E-state index < -0.39 is 0 Å². The summed E-state index contributed by atoms with van der Waals surface area (Å²) in [4.78, 5) is 0. The molecule has 3 heteroatoms. The first kappa shape index (κ1) is 14.0. The van der Waals surface area contributed by atoms with Crippen molar-refractivity contribution in [3.05, 3.63) is 34.1 Å².